The standard InChI is InChI=1S/C14H20FNO2/c1-3-9-14(10-16,13(17)18-4-2)11-7-5-6-8-12(11)15/h5-8H,3-4,9-10,16H2,1-2H3. The van der Waals surface area contributed by atoms with Crippen LogP contribution in [0.25, 0.3) is 0 Å². The third-order valence-corrected chi connectivity index (χ3v) is 3.08. The zero-order valence-electron chi connectivity index (χ0n) is 10.9. The molecular formula is C14H20FNO2. The van der Waals surface area contributed by atoms with E-state index in [1.807, 2.05) is 6.92 Å². The van der Waals surface area contributed by atoms with E-state index in [2.05, 4.69) is 0 Å². The monoisotopic (exact) mass is 253 g/mol. The largest absolute Gasteiger partial charge is 0.465 e. The number of nitrogens with two attached hydrogens (primary N) is 1. The van der Waals surface area contributed by atoms with Crippen molar-refractivity contribution < 1.29 is 13.9 Å². The molecule has 18 heavy (non-hydrogen) atoms. The molecule has 4 heteroatoms. The van der Waals surface area contributed by atoms with E-state index in [0.29, 0.717) is 12.0 Å². The molecule has 0 aliphatic carbocycles. The van der Waals surface area contributed by atoms with Gasteiger partial charge in [0.1, 0.15) is 11.2 Å². The van der Waals surface area contributed by atoms with Gasteiger partial charge in [0.2, 0.25) is 0 Å². The first-order chi connectivity index (χ1) is 8.62. The lowest BCUT2D eigenvalue weighted by Gasteiger charge is -2.30. The minimum Gasteiger partial charge on any atom is -0.465 e. The molecule has 0 spiro atoms. The Labute approximate surface area is 107 Å². The number of esters is 1. The van der Waals surface area contributed by atoms with Gasteiger partial charge in [0.25, 0.3) is 0 Å². The molecule has 2 N–H and O–H groups in total. The normalized spacial score (nSPS) is 14.0. The summed E-state index contributed by atoms with van der Waals surface area (Å²) < 4.78 is 19.0. The van der Waals surface area contributed by atoms with Gasteiger partial charge in [-0.1, -0.05) is 31.5 Å². The Bertz CT molecular complexity index is 409. The van der Waals surface area contributed by atoms with Crippen LogP contribution in [0.3, 0.4) is 0 Å². The summed E-state index contributed by atoms with van der Waals surface area (Å²) >= 11 is 0. The van der Waals surface area contributed by atoms with Crippen molar-refractivity contribution in [2.24, 2.45) is 5.73 Å². The van der Waals surface area contributed by atoms with Crippen LogP contribution in [0.15, 0.2) is 24.3 Å². The second kappa shape index (κ2) is 6.50. The molecule has 1 unspecified atom stereocenters. The Balaban J connectivity index is 3.27. The zero-order chi connectivity index (χ0) is 13.6. The molecule has 100 valence electrons. The lowest BCUT2D eigenvalue weighted by Crippen LogP contribution is -2.44. The van der Waals surface area contributed by atoms with Crippen molar-refractivity contribution in [1.82, 2.24) is 0 Å². The molecule has 0 aromatic heterocycles. The Morgan fingerprint density at radius 3 is 2.56 bits per heavy atom. The van der Waals surface area contributed by atoms with Crippen LogP contribution < -0.4 is 5.73 Å². The Morgan fingerprint density at radius 2 is 2.06 bits per heavy atom. The fourth-order valence-electron chi connectivity index (χ4n) is 2.19. The molecule has 1 rings (SSSR count). The van der Waals surface area contributed by atoms with Gasteiger partial charge in [0.05, 0.1) is 6.61 Å². The van der Waals surface area contributed by atoms with Gasteiger partial charge < -0.3 is 10.5 Å². The molecule has 0 amide bonds. The average Bonchev–Trinajstić information content (AvgIpc) is 2.37. The minimum absolute atomic E-state index is 0.0423. The Morgan fingerprint density at radius 1 is 1.39 bits per heavy atom. The highest BCUT2D eigenvalue weighted by Gasteiger charge is 2.41. The lowest BCUT2D eigenvalue weighted by atomic mass is 9.76. The second-order valence-corrected chi connectivity index (χ2v) is 4.24. The predicted molar refractivity (Wildman–Crippen MR) is 68.7 cm³/mol. The van der Waals surface area contributed by atoms with Crippen LogP contribution >= 0.6 is 0 Å². The first-order valence-corrected chi connectivity index (χ1v) is 6.24. The highest BCUT2D eigenvalue weighted by molar-refractivity contribution is 5.83. The third kappa shape index (κ3) is 2.70. The van der Waals surface area contributed by atoms with Crippen molar-refractivity contribution in [3.8, 4) is 0 Å². The smallest absolute Gasteiger partial charge is 0.317 e. The molecule has 0 bridgehead atoms. The highest BCUT2D eigenvalue weighted by Crippen LogP contribution is 2.32. The number of carbonyl (C=O) groups is 1. The van der Waals surface area contributed by atoms with Crippen LogP contribution in [-0.2, 0) is 14.9 Å². The van der Waals surface area contributed by atoms with Gasteiger partial charge in [-0.15, -0.1) is 0 Å². The van der Waals surface area contributed by atoms with Crippen LogP contribution in [0.2, 0.25) is 0 Å². The maximum atomic E-state index is 13.9. The Hall–Kier alpha value is -1.42. The van der Waals surface area contributed by atoms with Crippen LogP contribution in [-0.4, -0.2) is 19.1 Å². The predicted octanol–water partition coefficient (Wildman–Crippen LogP) is 2.39. The van der Waals surface area contributed by atoms with Crippen LogP contribution in [0.5, 0.6) is 0 Å². The average molecular weight is 253 g/mol. The number of halogens is 1. The van der Waals surface area contributed by atoms with E-state index in [1.165, 1.54) is 6.07 Å². The fourth-order valence-corrected chi connectivity index (χ4v) is 2.19. The fraction of sp³-hybridized carbons (Fsp3) is 0.500. The van der Waals surface area contributed by atoms with Crippen molar-refractivity contribution in [3.63, 3.8) is 0 Å². The van der Waals surface area contributed by atoms with Crippen molar-refractivity contribution in [1.29, 1.82) is 0 Å². The molecule has 3 nitrogen and oxygen atoms in total. The number of rotatable bonds is 6. The van der Waals surface area contributed by atoms with Gasteiger partial charge in [-0.3, -0.25) is 4.79 Å². The molecule has 1 atom stereocenters. The molecule has 0 heterocycles. The van der Waals surface area contributed by atoms with Gasteiger partial charge in [-0.05, 0) is 19.4 Å². The van der Waals surface area contributed by atoms with Gasteiger partial charge in [-0.2, -0.15) is 0 Å². The zero-order valence-corrected chi connectivity index (χ0v) is 10.9. The number of hydrogen-bond donors (Lipinski definition) is 1. The van der Waals surface area contributed by atoms with Gasteiger partial charge >= 0.3 is 5.97 Å². The van der Waals surface area contributed by atoms with E-state index in [4.69, 9.17) is 10.5 Å². The summed E-state index contributed by atoms with van der Waals surface area (Å²) in [5.41, 5.74) is 5.01. The maximum absolute atomic E-state index is 13.9. The summed E-state index contributed by atoms with van der Waals surface area (Å²) in [6.07, 6.45) is 1.20. The summed E-state index contributed by atoms with van der Waals surface area (Å²) in [6.45, 7) is 3.97. The first kappa shape index (κ1) is 14.6. The quantitative estimate of drug-likeness (QED) is 0.792. The molecule has 1 aromatic carbocycles. The number of ether oxygens (including phenoxy) is 1. The summed E-state index contributed by atoms with van der Waals surface area (Å²) in [7, 11) is 0. The summed E-state index contributed by atoms with van der Waals surface area (Å²) in [6, 6.07) is 6.25. The molecule has 0 saturated carbocycles. The van der Waals surface area contributed by atoms with E-state index in [1.54, 1.807) is 25.1 Å². The van der Waals surface area contributed by atoms with Crippen LogP contribution in [0.4, 0.5) is 4.39 Å². The topological polar surface area (TPSA) is 52.3 Å². The van der Waals surface area contributed by atoms with Crippen molar-refractivity contribution in [2.45, 2.75) is 32.1 Å². The van der Waals surface area contributed by atoms with Crippen molar-refractivity contribution >= 4 is 5.97 Å². The van der Waals surface area contributed by atoms with Gasteiger partial charge in [0, 0.05) is 12.1 Å². The van der Waals surface area contributed by atoms with Crippen LogP contribution in [0.1, 0.15) is 32.3 Å². The third-order valence-electron chi connectivity index (χ3n) is 3.08. The summed E-state index contributed by atoms with van der Waals surface area (Å²) in [5.74, 6) is -0.857. The molecule has 0 saturated heterocycles. The molecule has 0 fully saturated rings. The maximum Gasteiger partial charge on any atom is 0.317 e. The van der Waals surface area contributed by atoms with E-state index >= 15 is 0 Å². The van der Waals surface area contributed by atoms with Gasteiger partial charge in [-0.25, -0.2) is 4.39 Å². The number of carbonyl (C=O) groups excluding carboxylic acids is 1. The Kier molecular flexibility index (Phi) is 5.28. The molecule has 1 aromatic rings. The number of benzene rings is 1. The summed E-state index contributed by atoms with van der Waals surface area (Å²) in [4.78, 5) is 12.2. The molecular weight excluding hydrogens is 233 g/mol. The van der Waals surface area contributed by atoms with E-state index in [-0.39, 0.29) is 13.2 Å². The molecule has 0 aliphatic rings. The SMILES string of the molecule is CCCC(CN)(C(=O)OCC)c1ccccc1F. The van der Waals surface area contributed by atoms with Gasteiger partial charge in [0.15, 0.2) is 0 Å². The summed E-state index contributed by atoms with van der Waals surface area (Å²) in [5, 5.41) is 0. The number of hydrogen-bond acceptors (Lipinski definition) is 3. The van der Waals surface area contributed by atoms with Crippen molar-refractivity contribution in [3.05, 3.63) is 35.6 Å². The van der Waals surface area contributed by atoms with Crippen LogP contribution in [0, 0.1) is 5.82 Å². The lowest BCUT2D eigenvalue weighted by molar-refractivity contribution is -0.150. The second-order valence-electron chi connectivity index (χ2n) is 4.24. The van der Waals surface area contributed by atoms with Crippen molar-refractivity contribution in [2.75, 3.05) is 13.2 Å². The first-order valence-electron chi connectivity index (χ1n) is 6.24. The molecule has 0 aliphatic heterocycles. The van der Waals surface area contributed by atoms with E-state index in [9.17, 15) is 9.18 Å². The minimum atomic E-state index is -1.07. The van der Waals surface area contributed by atoms with E-state index in [0.717, 1.165) is 6.42 Å². The molecule has 0 radical (unpaired) electrons. The highest BCUT2D eigenvalue weighted by atomic mass is 19.1. The van der Waals surface area contributed by atoms with E-state index < -0.39 is 17.2 Å².